The number of nitrogens with one attached hydrogen (secondary N) is 1. The zero-order chi connectivity index (χ0) is 29.3. The van der Waals surface area contributed by atoms with Crippen molar-refractivity contribution in [3.63, 3.8) is 0 Å². The number of fused-ring (bicyclic) bond motifs is 1. The van der Waals surface area contributed by atoms with Crippen LogP contribution in [0.4, 0.5) is 23.4 Å². The minimum absolute atomic E-state index is 0.0350. The first-order chi connectivity index (χ1) is 19.6. The normalized spacial score (nSPS) is 11.7. The molecule has 2 heterocycles. The van der Waals surface area contributed by atoms with Crippen molar-refractivity contribution in [1.82, 2.24) is 25.1 Å². The van der Waals surface area contributed by atoms with E-state index in [-0.39, 0.29) is 18.9 Å². The number of anilines is 1. The highest BCUT2D eigenvalue weighted by Gasteiger charge is 2.30. The van der Waals surface area contributed by atoms with E-state index in [9.17, 15) is 26.0 Å². The van der Waals surface area contributed by atoms with E-state index in [1.54, 1.807) is 24.3 Å². The van der Waals surface area contributed by atoms with E-state index in [0.717, 1.165) is 0 Å². The SMILES string of the molecule is CS(=O)(=O)c1c(F)c(F)c(F)c(F)c1CNCCn1nc(-c2ccc(Oc3ccccc3)cc2)c2c(N)ncnc21. The predicted molar refractivity (Wildman–Crippen MR) is 143 cm³/mol. The Morgan fingerprint density at radius 1 is 0.902 bits per heavy atom. The van der Waals surface area contributed by atoms with Crippen LogP contribution in [0.3, 0.4) is 0 Å². The fourth-order valence-corrected chi connectivity index (χ4v) is 5.32. The van der Waals surface area contributed by atoms with Gasteiger partial charge >= 0.3 is 0 Å². The fourth-order valence-electron chi connectivity index (χ4n) is 4.29. The van der Waals surface area contributed by atoms with Gasteiger partial charge < -0.3 is 15.8 Å². The van der Waals surface area contributed by atoms with Gasteiger partial charge in [-0.1, -0.05) is 18.2 Å². The first kappa shape index (κ1) is 28.0. The molecule has 2 aromatic heterocycles. The highest BCUT2D eigenvalue weighted by Crippen LogP contribution is 2.32. The topological polar surface area (TPSA) is 125 Å². The molecule has 0 spiro atoms. The molecule has 0 aliphatic rings. The van der Waals surface area contributed by atoms with Crippen molar-refractivity contribution in [2.75, 3.05) is 18.5 Å². The molecular weight excluding hydrogens is 564 g/mol. The van der Waals surface area contributed by atoms with Gasteiger partial charge in [-0.25, -0.2) is 40.6 Å². The minimum Gasteiger partial charge on any atom is -0.457 e. The number of hydrogen-bond donors (Lipinski definition) is 2. The molecule has 0 amide bonds. The molecule has 0 fully saturated rings. The summed E-state index contributed by atoms with van der Waals surface area (Å²) in [4.78, 5) is 7.08. The van der Waals surface area contributed by atoms with Crippen LogP contribution in [0.1, 0.15) is 5.56 Å². The molecule has 0 saturated heterocycles. The second kappa shape index (κ2) is 11.1. The van der Waals surface area contributed by atoms with Crippen LogP contribution in [-0.2, 0) is 22.9 Å². The Morgan fingerprint density at radius 2 is 1.56 bits per heavy atom. The number of hydrogen-bond acceptors (Lipinski definition) is 8. The summed E-state index contributed by atoms with van der Waals surface area (Å²) in [6.45, 7) is -0.453. The molecule has 0 unspecified atom stereocenters. The van der Waals surface area contributed by atoms with Gasteiger partial charge in [0, 0.05) is 30.5 Å². The summed E-state index contributed by atoms with van der Waals surface area (Å²) in [5.74, 6) is -6.59. The summed E-state index contributed by atoms with van der Waals surface area (Å²) in [7, 11) is -4.42. The van der Waals surface area contributed by atoms with E-state index in [2.05, 4.69) is 20.4 Å². The molecule has 14 heteroatoms. The molecule has 0 saturated carbocycles. The summed E-state index contributed by atoms with van der Waals surface area (Å²) in [6.07, 6.45) is 1.84. The van der Waals surface area contributed by atoms with Crippen LogP contribution in [0.5, 0.6) is 11.5 Å². The van der Waals surface area contributed by atoms with Gasteiger partial charge in [-0.15, -0.1) is 0 Å². The first-order valence-corrected chi connectivity index (χ1v) is 14.0. The summed E-state index contributed by atoms with van der Waals surface area (Å²) in [5, 5.41) is 7.81. The van der Waals surface area contributed by atoms with Crippen LogP contribution in [0.25, 0.3) is 22.3 Å². The summed E-state index contributed by atoms with van der Waals surface area (Å²) in [5.41, 5.74) is 6.86. The zero-order valence-corrected chi connectivity index (χ0v) is 22.2. The molecule has 5 rings (SSSR count). The van der Waals surface area contributed by atoms with Gasteiger partial charge in [0.05, 0.1) is 11.9 Å². The van der Waals surface area contributed by atoms with Crippen molar-refractivity contribution in [3.05, 3.63) is 89.8 Å². The number of nitrogens with two attached hydrogens (primary N) is 1. The van der Waals surface area contributed by atoms with Crippen LogP contribution in [0.2, 0.25) is 0 Å². The van der Waals surface area contributed by atoms with Gasteiger partial charge in [0.2, 0.25) is 0 Å². The Hall–Kier alpha value is -4.56. The number of nitrogen functional groups attached to an aromatic ring is 1. The van der Waals surface area contributed by atoms with Crippen LogP contribution >= 0.6 is 0 Å². The van der Waals surface area contributed by atoms with Crippen molar-refractivity contribution in [1.29, 1.82) is 0 Å². The lowest BCUT2D eigenvalue weighted by molar-refractivity contribution is 0.386. The number of benzene rings is 3. The molecule has 41 heavy (non-hydrogen) atoms. The number of aromatic nitrogens is 4. The van der Waals surface area contributed by atoms with E-state index in [4.69, 9.17) is 10.5 Å². The molecule has 5 aromatic rings. The van der Waals surface area contributed by atoms with E-state index >= 15 is 0 Å². The maximum absolute atomic E-state index is 14.4. The van der Waals surface area contributed by atoms with E-state index in [1.165, 1.54) is 11.0 Å². The Kier molecular flexibility index (Phi) is 7.60. The van der Waals surface area contributed by atoms with Crippen molar-refractivity contribution in [2.24, 2.45) is 0 Å². The van der Waals surface area contributed by atoms with E-state index < -0.39 is 50.1 Å². The van der Waals surface area contributed by atoms with Gasteiger partial charge in [-0.3, -0.25) is 0 Å². The fraction of sp³-hybridized carbons (Fsp3) is 0.148. The Labute approximate surface area is 231 Å². The molecule has 0 radical (unpaired) electrons. The highest BCUT2D eigenvalue weighted by atomic mass is 32.2. The maximum atomic E-state index is 14.4. The van der Waals surface area contributed by atoms with Gasteiger partial charge in [0.1, 0.15) is 34.2 Å². The van der Waals surface area contributed by atoms with Crippen LogP contribution in [0.15, 0.2) is 65.8 Å². The van der Waals surface area contributed by atoms with Crippen molar-refractivity contribution >= 4 is 26.7 Å². The van der Waals surface area contributed by atoms with Crippen LogP contribution in [-0.4, -0.2) is 41.0 Å². The van der Waals surface area contributed by atoms with Crippen LogP contribution < -0.4 is 15.8 Å². The molecule has 212 valence electrons. The summed E-state index contributed by atoms with van der Waals surface area (Å²) < 4.78 is 87.6. The molecule has 3 N–H and O–H groups in total. The molecule has 3 aromatic carbocycles. The first-order valence-electron chi connectivity index (χ1n) is 12.1. The number of para-hydroxylation sites is 1. The third-order valence-corrected chi connectivity index (χ3v) is 7.32. The minimum atomic E-state index is -4.42. The third kappa shape index (κ3) is 5.56. The van der Waals surface area contributed by atoms with Crippen molar-refractivity contribution in [2.45, 2.75) is 18.0 Å². The van der Waals surface area contributed by atoms with Crippen LogP contribution in [0, 0.1) is 23.3 Å². The summed E-state index contributed by atoms with van der Waals surface area (Å²) >= 11 is 0. The number of rotatable bonds is 9. The van der Waals surface area contributed by atoms with E-state index in [1.807, 2.05) is 30.3 Å². The van der Waals surface area contributed by atoms with Gasteiger partial charge in [-0.05, 0) is 36.4 Å². The number of ether oxygens (including phenoxy) is 1. The Balaban J connectivity index is 1.37. The van der Waals surface area contributed by atoms with E-state index in [0.29, 0.717) is 40.0 Å². The van der Waals surface area contributed by atoms with Gasteiger partial charge in [-0.2, -0.15) is 5.10 Å². The predicted octanol–water partition coefficient (Wildman–Crippen LogP) is 4.62. The van der Waals surface area contributed by atoms with Gasteiger partial charge in [0.15, 0.2) is 38.8 Å². The van der Waals surface area contributed by atoms with Gasteiger partial charge in [0.25, 0.3) is 0 Å². The monoisotopic (exact) mass is 586 g/mol. The standard InChI is InChI=1S/C27H22F4N6O3S/c1-41(38,39)25-18(20(28)21(29)22(30)23(25)31)13-33-11-12-37-27-19(26(32)34-14-35-27)24(36-37)15-7-9-17(10-8-15)40-16-5-3-2-4-6-16/h2-10,14,33H,11-13H2,1H3,(H2,32,34,35). The molecule has 0 aliphatic carbocycles. The van der Waals surface area contributed by atoms with Crippen molar-refractivity contribution in [3.8, 4) is 22.8 Å². The highest BCUT2D eigenvalue weighted by molar-refractivity contribution is 7.90. The lowest BCUT2D eigenvalue weighted by Crippen LogP contribution is -2.23. The molecule has 9 nitrogen and oxygen atoms in total. The average molecular weight is 587 g/mol. The Bertz CT molecular complexity index is 1850. The molecular formula is C27H22F4N6O3S. The Morgan fingerprint density at radius 3 is 2.24 bits per heavy atom. The largest absolute Gasteiger partial charge is 0.457 e. The lowest BCUT2D eigenvalue weighted by atomic mass is 10.1. The molecule has 0 bridgehead atoms. The number of halogens is 4. The maximum Gasteiger partial charge on any atom is 0.198 e. The number of sulfone groups is 1. The average Bonchev–Trinajstić information content (AvgIpc) is 3.32. The smallest absolute Gasteiger partial charge is 0.198 e. The second-order valence-electron chi connectivity index (χ2n) is 8.98. The zero-order valence-electron chi connectivity index (χ0n) is 21.4. The lowest BCUT2D eigenvalue weighted by Gasteiger charge is -2.13. The summed E-state index contributed by atoms with van der Waals surface area (Å²) in [6, 6.07) is 16.4. The molecule has 0 aliphatic heterocycles. The second-order valence-corrected chi connectivity index (χ2v) is 10.9. The van der Waals surface area contributed by atoms with Crippen molar-refractivity contribution < 1.29 is 30.7 Å². The molecule has 0 atom stereocenters. The number of nitrogens with zero attached hydrogens (tertiary/aromatic N) is 4. The quantitative estimate of drug-likeness (QED) is 0.0843. The third-order valence-electron chi connectivity index (χ3n) is 6.15.